The number of fused-ring (bicyclic) bond motifs is 1. The fraction of sp³-hybridized carbons (Fsp3) is 0.524. The van der Waals surface area contributed by atoms with Crippen LogP contribution in [0, 0.1) is 25.7 Å². The van der Waals surface area contributed by atoms with Crippen molar-refractivity contribution in [3.63, 3.8) is 0 Å². The lowest BCUT2D eigenvalue weighted by atomic mass is 9.78. The van der Waals surface area contributed by atoms with E-state index >= 15 is 0 Å². The van der Waals surface area contributed by atoms with Crippen LogP contribution in [-0.4, -0.2) is 34.5 Å². The lowest BCUT2D eigenvalue weighted by Gasteiger charge is -2.34. The van der Waals surface area contributed by atoms with Crippen LogP contribution in [0.2, 0.25) is 0 Å². The van der Waals surface area contributed by atoms with Gasteiger partial charge in [0.1, 0.15) is 0 Å². The van der Waals surface area contributed by atoms with Crippen LogP contribution in [0.25, 0.3) is 11.0 Å². The molecular weight excluding hydrogens is 342 g/mol. The molecule has 144 valence electrons. The van der Waals surface area contributed by atoms with Gasteiger partial charge in [0.25, 0.3) is 5.91 Å². The molecule has 1 saturated carbocycles. The minimum absolute atomic E-state index is 0.155. The summed E-state index contributed by atoms with van der Waals surface area (Å²) in [7, 11) is 0. The van der Waals surface area contributed by atoms with Crippen molar-refractivity contribution in [2.45, 2.75) is 53.0 Å². The van der Waals surface area contributed by atoms with Gasteiger partial charge in [-0.25, -0.2) is 14.8 Å². The van der Waals surface area contributed by atoms with E-state index in [2.05, 4.69) is 29.1 Å². The van der Waals surface area contributed by atoms with E-state index in [0.29, 0.717) is 22.9 Å². The largest absolute Gasteiger partial charge is 0.452 e. The molecule has 0 aliphatic heterocycles. The van der Waals surface area contributed by atoms with Crippen LogP contribution in [0.1, 0.15) is 54.9 Å². The van der Waals surface area contributed by atoms with Crippen LogP contribution >= 0.6 is 0 Å². The summed E-state index contributed by atoms with van der Waals surface area (Å²) in [5.74, 6) is 0.250. The zero-order valence-corrected chi connectivity index (χ0v) is 16.4. The number of nitrogens with zero attached hydrogens (tertiary/aromatic N) is 2. The number of rotatable bonds is 4. The number of carbonyl (C=O) groups is 2. The fourth-order valence-corrected chi connectivity index (χ4v) is 3.61. The molecule has 1 aliphatic rings. The average Bonchev–Trinajstić information content (AvgIpc) is 2.64. The topological polar surface area (TPSA) is 81.2 Å². The van der Waals surface area contributed by atoms with Crippen molar-refractivity contribution in [2.24, 2.45) is 11.8 Å². The summed E-state index contributed by atoms with van der Waals surface area (Å²) in [6, 6.07) is 5.20. The molecule has 1 amide bonds. The maximum Gasteiger partial charge on any atom is 0.338 e. The SMILES string of the molecule is Cc1nc2ccc(C(=O)OCC(=O)N[C@H]3CCC[C@H](C)[C@@H]3C)cc2nc1C. The maximum atomic E-state index is 12.3. The third kappa shape index (κ3) is 4.43. The van der Waals surface area contributed by atoms with Gasteiger partial charge in [0.2, 0.25) is 0 Å². The fourth-order valence-electron chi connectivity index (χ4n) is 3.61. The Labute approximate surface area is 159 Å². The van der Waals surface area contributed by atoms with Gasteiger partial charge in [0.05, 0.1) is 28.0 Å². The average molecular weight is 369 g/mol. The number of hydrogen-bond donors (Lipinski definition) is 1. The summed E-state index contributed by atoms with van der Waals surface area (Å²) in [5, 5.41) is 3.01. The number of esters is 1. The second-order valence-corrected chi connectivity index (χ2v) is 7.62. The molecule has 1 fully saturated rings. The molecule has 1 heterocycles. The first-order valence-corrected chi connectivity index (χ1v) is 9.56. The van der Waals surface area contributed by atoms with E-state index in [-0.39, 0.29) is 18.6 Å². The van der Waals surface area contributed by atoms with E-state index in [9.17, 15) is 9.59 Å². The summed E-state index contributed by atoms with van der Waals surface area (Å²) >= 11 is 0. The molecule has 1 aliphatic carbocycles. The molecule has 0 spiro atoms. The Morgan fingerprint density at radius 1 is 1.11 bits per heavy atom. The normalized spacial score (nSPS) is 22.4. The molecule has 6 nitrogen and oxygen atoms in total. The van der Waals surface area contributed by atoms with Crippen LogP contribution in [-0.2, 0) is 9.53 Å². The van der Waals surface area contributed by atoms with Crippen LogP contribution in [0.15, 0.2) is 18.2 Å². The van der Waals surface area contributed by atoms with Crippen LogP contribution < -0.4 is 5.32 Å². The van der Waals surface area contributed by atoms with Gasteiger partial charge >= 0.3 is 5.97 Å². The van der Waals surface area contributed by atoms with Crippen molar-refractivity contribution in [2.75, 3.05) is 6.61 Å². The van der Waals surface area contributed by atoms with E-state index < -0.39 is 5.97 Å². The lowest BCUT2D eigenvalue weighted by Crippen LogP contribution is -2.45. The minimum Gasteiger partial charge on any atom is -0.452 e. The zero-order chi connectivity index (χ0) is 19.6. The first kappa shape index (κ1) is 19.3. The first-order chi connectivity index (χ1) is 12.8. The molecule has 27 heavy (non-hydrogen) atoms. The number of aryl methyl sites for hydroxylation is 2. The minimum atomic E-state index is -0.530. The summed E-state index contributed by atoms with van der Waals surface area (Å²) < 4.78 is 5.20. The molecule has 0 bridgehead atoms. The van der Waals surface area contributed by atoms with Crippen molar-refractivity contribution in [3.8, 4) is 0 Å². The van der Waals surface area contributed by atoms with Crippen LogP contribution in [0.4, 0.5) is 0 Å². The van der Waals surface area contributed by atoms with Gasteiger partial charge in [-0.05, 0) is 50.3 Å². The molecule has 3 atom stereocenters. The highest BCUT2D eigenvalue weighted by Crippen LogP contribution is 2.29. The highest BCUT2D eigenvalue weighted by molar-refractivity contribution is 5.94. The van der Waals surface area contributed by atoms with Gasteiger partial charge in [-0.1, -0.05) is 26.7 Å². The summed E-state index contributed by atoms with van der Waals surface area (Å²) in [5.41, 5.74) is 3.42. The Morgan fingerprint density at radius 3 is 2.56 bits per heavy atom. The summed E-state index contributed by atoms with van der Waals surface area (Å²) in [4.78, 5) is 33.4. The highest BCUT2D eigenvalue weighted by Gasteiger charge is 2.28. The molecule has 1 aromatic heterocycles. The van der Waals surface area contributed by atoms with Crippen molar-refractivity contribution in [3.05, 3.63) is 35.2 Å². The summed E-state index contributed by atoms with van der Waals surface area (Å²) in [6.45, 7) is 7.89. The van der Waals surface area contributed by atoms with E-state index in [1.807, 2.05) is 13.8 Å². The monoisotopic (exact) mass is 369 g/mol. The number of nitrogens with one attached hydrogen (secondary N) is 1. The van der Waals surface area contributed by atoms with Crippen molar-refractivity contribution in [1.29, 1.82) is 0 Å². The van der Waals surface area contributed by atoms with E-state index in [1.165, 1.54) is 6.42 Å². The molecule has 6 heteroatoms. The van der Waals surface area contributed by atoms with Gasteiger partial charge < -0.3 is 10.1 Å². The first-order valence-electron chi connectivity index (χ1n) is 9.56. The lowest BCUT2D eigenvalue weighted by molar-refractivity contribution is -0.125. The standard InChI is InChI=1S/C21H27N3O3/c1-12-6-5-7-17(13(12)2)24-20(25)11-27-21(26)16-8-9-18-19(10-16)23-15(4)14(3)22-18/h8-10,12-13,17H,5-7,11H2,1-4H3,(H,24,25)/t12-,13-,17-/m0/s1. The third-order valence-electron chi connectivity index (χ3n) is 5.70. The molecule has 3 rings (SSSR count). The van der Waals surface area contributed by atoms with Gasteiger partial charge in [-0.2, -0.15) is 0 Å². The van der Waals surface area contributed by atoms with E-state index in [0.717, 1.165) is 29.7 Å². The Bertz CT molecular complexity index is 865. The number of aromatic nitrogens is 2. The van der Waals surface area contributed by atoms with Crippen molar-refractivity contribution in [1.82, 2.24) is 15.3 Å². The highest BCUT2D eigenvalue weighted by atomic mass is 16.5. The van der Waals surface area contributed by atoms with Crippen molar-refractivity contribution >= 4 is 22.9 Å². The predicted molar refractivity (Wildman–Crippen MR) is 103 cm³/mol. The molecule has 0 unspecified atom stereocenters. The number of ether oxygens (including phenoxy) is 1. The number of benzene rings is 1. The Hall–Kier alpha value is -2.50. The molecule has 0 radical (unpaired) electrons. The van der Waals surface area contributed by atoms with Gasteiger partial charge in [0, 0.05) is 6.04 Å². The number of carbonyl (C=O) groups excluding carboxylic acids is 2. The second-order valence-electron chi connectivity index (χ2n) is 7.62. The van der Waals surface area contributed by atoms with E-state index in [1.54, 1.807) is 18.2 Å². The smallest absolute Gasteiger partial charge is 0.338 e. The zero-order valence-electron chi connectivity index (χ0n) is 16.4. The Morgan fingerprint density at radius 2 is 1.81 bits per heavy atom. The van der Waals surface area contributed by atoms with Gasteiger partial charge in [-0.3, -0.25) is 4.79 Å². The molecule has 2 aromatic rings. The van der Waals surface area contributed by atoms with Crippen LogP contribution in [0.5, 0.6) is 0 Å². The number of hydrogen-bond acceptors (Lipinski definition) is 5. The molecule has 1 N–H and O–H groups in total. The Balaban J connectivity index is 1.59. The second kappa shape index (κ2) is 8.03. The Kier molecular flexibility index (Phi) is 5.73. The van der Waals surface area contributed by atoms with Gasteiger partial charge in [-0.15, -0.1) is 0 Å². The molecule has 1 aromatic carbocycles. The van der Waals surface area contributed by atoms with Crippen LogP contribution in [0.3, 0.4) is 0 Å². The number of amides is 1. The third-order valence-corrected chi connectivity index (χ3v) is 5.70. The van der Waals surface area contributed by atoms with Crippen molar-refractivity contribution < 1.29 is 14.3 Å². The van der Waals surface area contributed by atoms with E-state index in [4.69, 9.17) is 4.74 Å². The predicted octanol–water partition coefficient (Wildman–Crippen LogP) is 3.34. The molecule has 0 saturated heterocycles. The van der Waals surface area contributed by atoms with Gasteiger partial charge in [0.15, 0.2) is 6.61 Å². The maximum absolute atomic E-state index is 12.3. The molecular formula is C21H27N3O3. The summed E-state index contributed by atoms with van der Waals surface area (Å²) in [6.07, 6.45) is 3.30. The quantitative estimate of drug-likeness (QED) is 0.836.